The van der Waals surface area contributed by atoms with E-state index in [0.29, 0.717) is 5.69 Å². The second-order valence-corrected chi connectivity index (χ2v) is 6.04. The molecular formula is C13H10F3NO3S. The Bertz CT molecular complexity index is 740. The molecule has 0 aliphatic heterocycles. The summed E-state index contributed by atoms with van der Waals surface area (Å²) in [5.41, 5.74) is 5.84. The number of hydrogen-bond acceptors (Lipinski definition) is 4. The summed E-state index contributed by atoms with van der Waals surface area (Å²) >= 11 is 0. The molecule has 2 aromatic rings. The Morgan fingerprint density at radius 3 is 2.14 bits per heavy atom. The number of anilines is 1. The summed E-state index contributed by atoms with van der Waals surface area (Å²) in [6, 6.07) is 9.55. The first kappa shape index (κ1) is 15.2. The van der Waals surface area contributed by atoms with Gasteiger partial charge in [0.05, 0.1) is 9.79 Å². The van der Waals surface area contributed by atoms with E-state index < -0.39 is 21.9 Å². The number of benzene rings is 2. The fourth-order valence-corrected chi connectivity index (χ4v) is 2.92. The highest BCUT2D eigenvalue weighted by Gasteiger charge is 2.31. The molecule has 0 heterocycles. The van der Waals surface area contributed by atoms with Crippen molar-refractivity contribution >= 4 is 15.5 Å². The van der Waals surface area contributed by atoms with E-state index in [1.807, 2.05) is 0 Å². The molecule has 0 saturated carbocycles. The summed E-state index contributed by atoms with van der Waals surface area (Å²) in [6.45, 7) is 0. The predicted molar refractivity (Wildman–Crippen MR) is 69.4 cm³/mol. The normalized spacial score (nSPS) is 12.1. The monoisotopic (exact) mass is 317 g/mol. The average Bonchev–Trinajstić information content (AvgIpc) is 2.37. The fourth-order valence-electron chi connectivity index (χ4n) is 1.62. The molecule has 2 N–H and O–H groups in total. The van der Waals surface area contributed by atoms with Gasteiger partial charge in [0.25, 0.3) is 0 Å². The molecule has 0 radical (unpaired) electrons. The first-order valence-electron chi connectivity index (χ1n) is 5.65. The van der Waals surface area contributed by atoms with Gasteiger partial charge < -0.3 is 10.5 Å². The van der Waals surface area contributed by atoms with Gasteiger partial charge in [0, 0.05) is 5.69 Å². The van der Waals surface area contributed by atoms with Gasteiger partial charge in [-0.3, -0.25) is 0 Å². The minimum absolute atomic E-state index is 0.0686. The zero-order valence-electron chi connectivity index (χ0n) is 10.5. The number of rotatable bonds is 3. The Morgan fingerprint density at radius 2 is 1.57 bits per heavy atom. The molecule has 8 heteroatoms. The van der Waals surface area contributed by atoms with Gasteiger partial charge in [0.1, 0.15) is 5.75 Å². The van der Waals surface area contributed by atoms with Gasteiger partial charge in [0.2, 0.25) is 9.84 Å². The van der Waals surface area contributed by atoms with Gasteiger partial charge in [-0.1, -0.05) is 6.07 Å². The van der Waals surface area contributed by atoms with Crippen LogP contribution in [0.1, 0.15) is 0 Å². The van der Waals surface area contributed by atoms with Gasteiger partial charge in [-0.15, -0.1) is 13.2 Å². The van der Waals surface area contributed by atoms with Gasteiger partial charge in [-0.25, -0.2) is 8.42 Å². The molecule has 0 aliphatic rings. The Morgan fingerprint density at radius 1 is 0.952 bits per heavy atom. The third-order valence-corrected chi connectivity index (χ3v) is 4.31. The highest BCUT2D eigenvalue weighted by Crippen LogP contribution is 2.28. The minimum Gasteiger partial charge on any atom is -0.406 e. The number of nitrogens with two attached hydrogens (primary N) is 1. The van der Waals surface area contributed by atoms with Gasteiger partial charge in [-0.2, -0.15) is 0 Å². The molecule has 0 saturated heterocycles. The van der Waals surface area contributed by atoms with Gasteiger partial charge >= 0.3 is 6.36 Å². The number of hydrogen-bond donors (Lipinski definition) is 1. The van der Waals surface area contributed by atoms with Crippen LogP contribution in [0.2, 0.25) is 0 Å². The van der Waals surface area contributed by atoms with Crippen LogP contribution in [0, 0.1) is 0 Å². The zero-order valence-corrected chi connectivity index (χ0v) is 11.3. The van der Waals surface area contributed by atoms with E-state index >= 15 is 0 Å². The Labute approximate surface area is 118 Å². The molecule has 0 fully saturated rings. The quantitative estimate of drug-likeness (QED) is 0.884. The van der Waals surface area contributed by atoms with Crippen LogP contribution in [0.3, 0.4) is 0 Å². The first-order valence-corrected chi connectivity index (χ1v) is 7.13. The van der Waals surface area contributed by atoms with E-state index in [1.54, 1.807) is 0 Å². The summed E-state index contributed by atoms with van der Waals surface area (Å²) in [5, 5.41) is 0. The number of halogens is 3. The van der Waals surface area contributed by atoms with Crippen LogP contribution in [-0.2, 0) is 9.84 Å². The molecule has 0 aliphatic carbocycles. The van der Waals surface area contributed by atoms with E-state index in [1.165, 1.54) is 36.4 Å². The van der Waals surface area contributed by atoms with Gasteiger partial charge in [-0.05, 0) is 42.5 Å². The maximum absolute atomic E-state index is 12.3. The largest absolute Gasteiger partial charge is 0.573 e. The summed E-state index contributed by atoms with van der Waals surface area (Å²) in [4.78, 5) is -0.366. The Hall–Kier alpha value is -2.22. The third-order valence-electron chi connectivity index (χ3n) is 2.54. The van der Waals surface area contributed by atoms with Crippen molar-refractivity contribution in [3.05, 3.63) is 48.5 Å². The van der Waals surface area contributed by atoms with Crippen molar-refractivity contribution < 1.29 is 26.3 Å². The second-order valence-electron chi connectivity index (χ2n) is 4.10. The van der Waals surface area contributed by atoms with E-state index in [0.717, 1.165) is 12.1 Å². The van der Waals surface area contributed by atoms with Gasteiger partial charge in [0.15, 0.2) is 0 Å². The summed E-state index contributed by atoms with van der Waals surface area (Å²) < 4.78 is 64.7. The lowest BCUT2D eigenvalue weighted by molar-refractivity contribution is -0.274. The van der Waals surface area contributed by atoms with E-state index in [4.69, 9.17) is 5.73 Å². The molecular weight excluding hydrogens is 307 g/mol. The molecule has 0 spiro atoms. The number of sulfone groups is 1. The predicted octanol–water partition coefficient (Wildman–Crippen LogP) is 3.00. The average molecular weight is 317 g/mol. The summed E-state index contributed by atoms with van der Waals surface area (Å²) in [7, 11) is -3.94. The summed E-state index contributed by atoms with van der Waals surface area (Å²) in [6.07, 6.45) is -4.89. The highest BCUT2D eigenvalue weighted by molar-refractivity contribution is 7.91. The van der Waals surface area contributed by atoms with E-state index in [-0.39, 0.29) is 9.79 Å². The van der Waals surface area contributed by atoms with Crippen LogP contribution in [0.5, 0.6) is 5.75 Å². The fraction of sp³-hybridized carbons (Fsp3) is 0.0769. The van der Waals surface area contributed by atoms with Crippen molar-refractivity contribution in [3.8, 4) is 5.75 Å². The molecule has 2 rings (SSSR count). The van der Waals surface area contributed by atoms with Crippen LogP contribution in [-0.4, -0.2) is 14.8 Å². The van der Waals surface area contributed by atoms with E-state index in [9.17, 15) is 21.6 Å². The minimum atomic E-state index is -4.89. The molecule has 21 heavy (non-hydrogen) atoms. The van der Waals surface area contributed by atoms with E-state index in [2.05, 4.69) is 4.74 Å². The smallest absolute Gasteiger partial charge is 0.406 e. The molecule has 2 aromatic carbocycles. The molecule has 0 amide bonds. The highest BCUT2D eigenvalue weighted by atomic mass is 32.2. The lowest BCUT2D eigenvalue weighted by Gasteiger charge is -2.10. The third kappa shape index (κ3) is 3.66. The summed E-state index contributed by atoms with van der Waals surface area (Å²) in [5.74, 6) is -0.598. The SMILES string of the molecule is Nc1ccc(S(=O)(=O)c2cccc(OC(F)(F)F)c2)cc1. The van der Waals surface area contributed by atoms with Crippen LogP contribution >= 0.6 is 0 Å². The number of alkyl halides is 3. The Balaban J connectivity index is 2.41. The maximum Gasteiger partial charge on any atom is 0.573 e. The van der Waals surface area contributed by atoms with Crippen molar-refractivity contribution in [1.82, 2.24) is 0 Å². The molecule has 0 aromatic heterocycles. The molecule has 4 nitrogen and oxygen atoms in total. The second kappa shape index (κ2) is 5.28. The van der Waals surface area contributed by atoms with Crippen molar-refractivity contribution in [1.29, 1.82) is 0 Å². The Kier molecular flexibility index (Phi) is 3.82. The molecule has 0 atom stereocenters. The number of nitrogen functional groups attached to an aromatic ring is 1. The lowest BCUT2D eigenvalue weighted by Crippen LogP contribution is -2.17. The van der Waals surface area contributed by atoms with Crippen LogP contribution in [0.25, 0.3) is 0 Å². The van der Waals surface area contributed by atoms with Crippen LogP contribution in [0.15, 0.2) is 58.3 Å². The molecule has 0 unspecified atom stereocenters. The lowest BCUT2D eigenvalue weighted by atomic mass is 10.3. The van der Waals surface area contributed by atoms with Crippen LogP contribution in [0.4, 0.5) is 18.9 Å². The van der Waals surface area contributed by atoms with Crippen molar-refractivity contribution in [2.24, 2.45) is 0 Å². The number of ether oxygens (including phenoxy) is 1. The maximum atomic E-state index is 12.3. The zero-order chi connectivity index (χ0) is 15.7. The van der Waals surface area contributed by atoms with Crippen molar-refractivity contribution in [2.75, 3.05) is 5.73 Å². The molecule has 0 bridgehead atoms. The van der Waals surface area contributed by atoms with Crippen LogP contribution < -0.4 is 10.5 Å². The topological polar surface area (TPSA) is 69.4 Å². The van der Waals surface area contributed by atoms with Crippen molar-refractivity contribution in [2.45, 2.75) is 16.2 Å². The first-order chi connectivity index (χ1) is 9.68. The molecule has 112 valence electrons. The standard InChI is InChI=1S/C13H10F3NO3S/c14-13(15,16)20-10-2-1-3-12(8-10)21(18,19)11-6-4-9(17)5-7-11/h1-8H,17H2. The van der Waals surface area contributed by atoms with Crippen molar-refractivity contribution in [3.63, 3.8) is 0 Å².